The van der Waals surface area contributed by atoms with E-state index >= 15 is 0 Å². The normalized spacial score (nSPS) is 13.9. The van der Waals surface area contributed by atoms with Gasteiger partial charge >= 0.3 is 0 Å². The number of hydrogen-bond donors (Lipinski definition) is 0. The second-order valence-electron chi connectivity index (χ2n) is 2.12. The summed E-state index contributed by atoms with van der Waals surface area (Å²) in [5.41, 5.74) is 2.00. The van der Waals surface area contributed by atoms with Gasteiger partial charge in [0, 0.05) is 11.8 Å². The Morgan fingerprint density at radius 3 is 2.80 bits per heavy atom. The van der Waals surface area contributed by atoms with Gasteiger partial charge in [0.05, 0.1) is 10.7 Å². The minimum absolute atomic E-state index is 0.732. The highest BCUT2D eigenvalue weighted by atomic mass is 35.5. The molecule has 1 aromatic rings. The van der Waals surface area contributed by atoms with Gasteiger partial charge in [-0.3, -0.25) is 5.32 Å². The van der Waals surface area contributed by atoms with Crippen molar-refractivity contribution < 1.29 is 0 Å². The van der Waals surface area contributed by atoms with E-state index in [9.17, 15) is 0 Å². The number of benzene rings is 1. The van der Waals surface area contributed by atoms with Gasteiger partial charge in [-0.2, -0.15) is 0 Å². The Kier molecular flexibility index (Phi) is 1.18. The van der Waals surface area contributed by atoms with Gasteiger partial charge in [-0.25, -0.2) is 0 Å². The topological polar surface area (TPSA) is 14.1 Å². The first-order valence-electron chi connectivity index (χ1n) is 3.04. The summed E-state index contributed by atoms with van der Waals surface area (Å²) in [6.07, 6.45) is 1.67. The van der Waals surface area contributed by atoms with Crippen LogP contribution in [-0.2, 0) is 0 Å². The summed E-state index contributed by atoms with van der Waals surface area (Å²) in [6.45, 7) is 0. The van der Waals surface area contributed by atoms with Gasteiger partial charge in [0.1, 0.15) is 0 Å². The maximum atomic E-state index is 5.81. The Hall–Kier alpha value is -0.950. The van der Waals surface area contributed by atoms with E-state index in [1.807, 2.05) is 24.3 Å². The molecule has 0 spiro atoms. The summed E-state index contributed by atoms with van der Waals surface area (Å²) in [4.78, 5) is 0. The summed E-state index contributed by atoms with van der Waals surface area (Å²) in [6, 6.07) is 7.81. The fourth-order valence-corrected chi connectivity index (χ4v) is 1.19. The quantitative estimate of drug-likeness (QED) is 0.540. The fraction of sp³-hybridized carbons (Fsp3) is 0. The molecule has 0 amide bonds. The predicted octanol–water partition coefficient (Wildman–Crippen LogP) is 2.47. The van der Waals surface area contributed by atoms with Crippen LogP contribution < -0.4 is 5.32 Å². The molecule has 0 atom stereocenters. The molecule has 10 heavy (non-hydrogen) atoms. The lowest BCUT2D eigenvalue weighted by atomic mass is 10.2. The van der Waals surface area contributed by atoms with Crippen LogP contribution in [0.2, 0.25) is 0 Å². The van der Waals surface area contributed by atoms with Crippen molar-refractivity contribution in [3.8, 4) is 0 Å². The SMILES string of the molecule is ClC1=C[N]c2ccccc21. The second-order valence-corrected chi connectivity index (χ2v) is 2.53. The molecule has 0 N–H and O–H groups in total. The summed E-state index contributed by atoms with van der Waals surface area (Å²) in [5.74, 6) is 0. The van der Waals surface area contributed by atoms with Crippen molar-refractivity contribution in [2.24, 2.45) is 0 Å². The lowest BCUT2D eigenvalue weighted by molar-refractivity contribution is 1.22. The molecular weight excluding hydrogens is 146 g/mol. The van der Waals surface area contributed by atoms with Crippen molar-refractivity contribution in [2.75, 3.05) is 0 Å². The molecule has 1 aliphatic heterocycles. The lowest BCUT2D eigenvalue weighted by Gasteiger charge is -1.94. The third kappa shape index (κ3) is 0.711. The monoisotopic (exact) mass is 150 g/mol. The van der Waals surface area contributed by atoms with Crippen LogP contribution in [0.4, 0.5) is 5.69 Å². The van der Waals surface area contributed by atoms with Gasteiger partial charge in [0.2, 0.25) is 0 Å². The number of rotatable bonds is 0. The highest BCUT2D eigenvalue weighted by Gasteiger charge is 2.10. The number of hydrogen-bond acceptors (Lipinski definition) is 0. The maximum Gasteiger partial charge on any atom is 0.0718 e. The summed E-state index contributed by atoms with van der Waals surface area (Å²) >= 11 is 5.81. The Morgan fingerprint density at radius 1 is 1.20 bits per heavy atom. The average Bonchev–Trinajstić information content (AvgIpc) is 2.34. The first kappa shape index (κ1) is 5.81. The van der Waals surface area contributed by atoms with Crippen molar-refractivity contribution in [2.45, 2.75) is 0 Å². The number of nitrogens with zero attached hydrogens (tertiary/aromatic N) is 1. The highest BCUT2D eigenvalue weighted by Crippen LogP contribution is 2.31. The van der Waals surface area contributed by atoms with E-state index in [0.29, 0.717) is 0 Å². The molecule has 0 saturated heterocycles. The van der Waals surface area contributed by atoms with Gasteiger partial charge in [-0.15, -0.1) is 0 Å². The minimum Gasteiger partial charge on any atom is -0.255 e. The molecule has 49 valence electrons. The molecule has 0 fully saturated rings. The zero-order valence-corrected chi connectivity index (χ0v) is 5.97. The first-order valence-corrected chi connectivity index (χ1v) is 3.41. The van der Waals surface area contributed by atoms with E-state index in [1.54, 1.807) is 6.20 Å². The van der Waals surface area contributed by atoms with E-state index in [0.717, 1.165) is 16.3 Å². The van der Waals surface area contributed by atoms with E-state index < -0.39 is 0 Å². The van der Waals surface area contributed by atoms with Crippen LogP contribution in [0.3, 0.4) is 0 Å². The summed E-state index contributed by atoms with van der Waals surface area (Å²) in [5, 5.41) is 4.82. The molecule has 0 aliphatic carbocycles. The third-order valence-corrected chi connectivity index (χ3v) is 1.78. The number of para-hydroxylation sites is 1. The molecule has 1 heterocycles. The Morgan fingerprint density at radius 2 is 2.00 bits per heavy atom. The predicted molar refractivity (Wildman–Crippen MR) is 42.1 cm³/mol. The number of halogens is 1. The molecule has 1 nitrogen and oxygen atoms in total. The van der Waals surface area contributed by atoms with Crippen LogP contribution in [0, 0.1) is 0 Å². The van der Waals surface area contributed by atoms with Crippen molar-refractivity contribution in [3.05, 3.63) is 36.0 Å². The Balaban J connectivity index is 2.61. The fourth-order valence-electron chi connectivity index (χ4n) is 0.984. The van der Waals surface area contributed by atoms with Crippen LogP contribution in [-0.4, -0.2) is 0 Å². The van der Waals surface area contributed by atoms with Gasteiger partial charge in [0.15, 0.2) is 0 Å². The van der Waals surface area contributed by atoms with E-state index in [-0.39, 0.29) is 0 Å². The number of fused-ring (bicyclic) bond motifs is 1. The molecule has 1 aliphatic rings. The largest absolute Gasteiger partial charge is 0.255 e. The molecule has 0 bridgehead atoms. The van der Waals surface area contributed by atoms with Crippen LogP contribution in [0.1, 0.15) is 5.56 Å². The molecule has 1 radical (unpaired) electrons. The second kappa shape index (κ2) is 2.03. The Labute approximate surface area is 64.3 Å². The molecular formula is C8H5ClN. The molecule has 0 saturated carbocycles. The average molecular weight is 151 g/mol. The van der Waals surface area contributed by atoms with E-state index in [1.165, 1.54) is 0 Å². The zero-order chi connectivity index (χ0) is 6.97. The van der Waals surface area contributed by atoms with Crippen LogP contribution in [0.5, 0.6) is 0 Å². The zero-order valence-electron chi connectivity index (χ0n) is 5.21. The molecule has 2 heteroatoms. The van der Waals surface area contributed by atoms with Crippen molar-refractivity contribution in [3.63, 3.8) is 0 Å². The first-order chi connectivity index (χ1) is 4.88. The molecule has 0 unspecified atom stereocenters. The highest BCUT2D eigenvalue weighted by molar-refractivity contribution is 6.49. The van der Waals surface area contributed by atoms with Gasteiger partial charge in [-0.1, -0.05) is 29.8 Å². The summed E-state index contributed by atoms with van der Waals surface area (Å²) < 4.78 is 0. The molecule has 1 aromatic carbocycles. The van der Waals surface area contributed by atoms with E-state index in [2.05, 4.69) is 5.32 Å². The van der Waals surface area contributed by atoms with Crippen molar-refractivity contribution in [1.29, 1.82) is 0 Å². The maximum absolute atomic E-state index is 5.81. The Bertz CT molecular complexity index is 291. The molecule has 2 rings (SSSR count). The van der Waals surface area contributed by atoms with E-state index in [4.69, 9.17) is 11.6 Å². The van der Waals surface area contributed by atoms with Crippen molar-refractivity contribution in [1.82, 2.24) is 5.32 Å². The smallest absolute Gasteiger partial charge is 0.0718 e. The van der Waals surface area contributed by atoms with Crippen LogP contribution >= 0.6 is 11.6 Å². The van der Waals surface area contributed by atoms with Gasteiger partial charge in [-0.05, 0) is 6.07 Å². The van der Waals surface area contributed by atoms with Gasteiger partial charge in [0.25, 0.3) is 0 Å². The minimum atomic E-state index is 0.732. The van der Waals surface area contributed by atoms with Crippen LogP contribution in [0.25, 0.3) is 5.03 Å². The third-order valence-electron chi connectivity index (χ3n) is 1.48. The summed E-state index contributed by atoms with van der Waals surface area (Å²) in [7, 11) is 0. The standard InChI is InChI=1S/C8H5ClN/c9-7-5-10-8-4-2-1-3-6(7)8/h1-5H. The lowest BCUT2D eigenvalue weighted by Crippen LogP contribution is -1.78. The van der Waals surface area contributed by atoms with Crippen molar-refractivity contribution >= 4 is 22.3 Å². The van der Waals surface area contributed by atoms with Gasteiger partial charge < -0.3 is 0 Å². The van der Waals surface area contributed by atoms with Crippen LogP contribution in [0.15, 0.2) is 30.5 Å². The molecule has 0 aromatic heterocycles.